The molecule has 0 spiro atoms. The van der Waals surface area contributed by atoms with Gasteiger partial charge < -0.3 is 4.74 Å². The van der Waals surface area contributed by atoms with Gasteiger partial charge in [-0.05, 0) is 134 Å². The summed E-state index contributed by atoms with van der Waals surface area (Å²) in [6.07, 6.45) is 3.00. The SMILES string of the molecule is CC(C)(C)c1cc(Oc2ccc3c4ccccc4n(-c4cc(C(C)(C)C)ccn4)c3c2)cc(-c2nc3ccccc3n2-c2cc3c4c(cccc4c2)C(C)(C)CC3(C)C)c1. The highest BCUT2D eigenvalue weighted by Gasteiger charge is 2.39. The van der Waals surface area contributed by atoms with Crippen molar-refractivity contribution in [3.05, 3.63) is 156 Å². The number of para-hydroxylation sites is 3. The summed E-state index contributed by atoms with van der Waals surface area (Å²) in [6.45, 7) is 23.1. The average molecular weight is 787 g/mol. The predicted molar refractivity (Wildman–Crippen MR) is 251 cm³/mol. The van der Waals surface area contributed by atoms with Gasteiger partial charge in [-0.2, -0.15) is 0 Å². The van der Waals surface area contributed by atoms with E-state index in [0.29, 0.717) is 0 Å². The fourth-order valence-corrected chi connectivity index (χ4v) is 10.0. The molecule has 0 radical (unpaired) electrons. The van der Waals surface area contributed by atoms with E-state index in [2.05, 4.69) is 206 Å². The monoisotopic (exact) mass is 786 g/mol. The van der Waals surface area contributed by atoms with Gasteiger partial charge in [0.2, 0.25) is 0 Å². The van der Waals surface area contributed by atoms with Gasteiger partial charge in [0.25, 0.3) is 0 Å². The lowest BCUT2D eigenvalue weighted by molar-refractivity contribution is 0.341. The van der Waals surface area contributed by atoms with Crippen molar-refractivity contribution in [3.63, 3.8) is 0 Å². The van der Waals surface area contributed by atoms with Crippen LogP contribution < -0.4 is 4.74 Å². The summed E-state index contributed by atoms with van der Waals surface area (Å²) in [4.78, 5) is 10.3. The van der Waals surface area contributed by atoms with Crippen molar-refractivity contribution in [2.24, 2.45) is 0 Å². The van der Waals surface area contributed by atoms with Crippen LogP contribution in [0.5, 0.6) is 11.5 Å². The summed E-state index contributed by atoms with van der Waals surface area (Å²) in [7, 11) is 0. The van der Waals surface area contributed by atoms with E-state index in [4.69, 9.17) is 14.7 Å². The lowest BCUT2D eigenvalue weighted by atomic mass is 9.62. The fraction of sp³-hybridized carbons (Fsp3) is 0.273. The lowest BCUT2D eigenvalue weighted by Gasteiger charge is -2.42. The largest absolute Gasteiger partial charge is 0.457 e. The van der Waals surface area contributed by atoms with Crippen LogP contribution in [0.1, 0.15) is 97.9 Å². The van der Waals surface area contributed by atoms with Crippen molar-refractivity contribution in [2.45, 2.75) is 97.3 Å². The summed E-state index contributed by atoms with van der Waals surface area (Å²) in [5, 5.41) is 5.01. The summed E-state index contributed by atoms with van der Waals surface area (Å²) < 4.78 is 11.6. The Bertz CT molecular complexity index is 3180. The first-order chi connectivity index (χ1) is 28.5. The van der Waals surface area contributed by atoms with Crippen molar-refractivity contribution in [1.82, 2.24) is 19.1 Å². The minimum Gasteiger partial charge on any atom is -0.457 e. The number of ether oxygens (including phenoxy) is 1. The Hall–Kier alpha value is -6.20. The molecule has 0 saturated heterocycles. The molecule has 10 rings (SSSR count). The predicted octanol–water partition coefficient (Wildman–Crippen LogP) is 14.7. The van der Waals surface area contributed by atoms with Gasteiger partial charge in [0, 0.05) is 34.3 Å². The second kappa shape index (κ2) is 13.1. The molecule has 3 aromatic heterocycles. The first-order valence-corrected chi connectivity index (χ1v) is 21.4. The molecule has 3 heterocycles. The van der Waals surface area contributed by atoms with Crippen LogP contribution in [0.25, 0.3) is 66.5 Å². The molecule has 0 bridgehead atoms. The first kappa shape index (κ1) is 38.0. The van der Waals surface area contributed by atoms with E-state index in [1.807, 2.05) is 6.20 Å². The van der Waals surface area contributed by atoms with Gasteiger partial charge in [0.05, 0.1) is 22.1 Å². The van der Waals surface area contributed by atoms with E-state index in [1.165, 1.54) is 38.4 Å². The number of rotatable bonds is 5. The number of pyridine rings is 1. The van der Waals surface area contributed by atoms with Crippen LogP contribution in [0.3, 0.4) is 0 Å². The van der Waals surface area contributed by atoms with Gasteiger partial charge in [0.1, 0.15) is 23.1 Å². The quantitative estimate of drug-likeness (QED) is 0.175. The Labute approximate surface area is 353 Å². The molecule has 0 unspecified atom stereocenters. The van der Waals surface area contributed by atoms with E-state index in [1.54, 1.807) is 0 Å². The van der Waals surface area contributed by atoms with Crippen LogP contribution in [-0.4, -0.2) is 19.1 Å². The summed E-state index contributed by atoms with van der Waals surface area (Å²) >= 11 is 0. The van der Waals surface area contributed by atoms with Gasteiger partial charge in [0.15, 0.2) is 0 Å². The third-order valence-corrected chi connectivity index (χ3v) is 12.9. The number of nitrogens with zero attached hydrogens (tertiary/aromatic N) is 4. The number of hydrogen-bond acceptors (Lipinski definition) is 3. The van der Waals surface area contributed by atoms with E-state index < -0.39 is 0 Å². The van der Waals surface area contributed by atoms with Crippen LogP contribution in [-0.2, 0) is 21.7 Å². The zero-order valence-corrected chi connectivity index (χ0v) is 36.6. The highest BCUT2D eigenvalue weighted by atomic mass is 16.5. The molecule has 9 aromatic rings. The number of imidazole rings is 1. The molecule has 1 aliphatic rings. The number of benzene rings is 6. The van der Waals surface area contributed by atoms with Crippen LogP contribution >= 0.6 is 0 Å². The molecule has 300 valence electrons. The molecule has 0 atom stereocenters. The number of fused-ring (bicyclic) bond motifs is 4. The van der Waals surface area contributed by atoms with Crippen molar-refractivity contribution < 1.29 is 4.74 Å². The molecule has 0 aliphatic heterocycles. The summed E-state index contributed by atoms with van der Waals surface area (Å²) in [5.74, 6) is 3.32. The molecule has 6 aromatic carbocycles. The molecular formula is C55H54N4O. The molecule has 0 amide bonds. The molecule has 5 nitrogen and oxygen atoms in total. The maximum atomic E-state index is 6.96. The Morgan fingerprint density at radius 1 is 0.567 bits per heavy atom. The Balaban J connectivity index is 1.14. The van der Waals surface area contributed by atoms with E-state index in [9.17, 15) is 0 Å². The molecule has 0 saturated carbocycles. The topological polar surface area (TPSA) is 44.9 Å². The van der Waals surface area contributed by atoms with Crippen molar-refractivity contribution in [3.8, 4) is 34.4 Å². The smallest absolute Gasteiger partial charge is 0.145 e. The van der Waals surface area contributed by atoms with Gasteiger partial charge in [-0.3, -0.25) is 9.13 Å². The Kier molecular flexibility index (Phi) is 8.33. The maximum Gasteiger partial charge on any atom is 0.145 e. The van der Waals surface area contributed by atoms with E-state index >= 15 is 0 Å². The Morgan fingerprint density at radius 2 is 1.28 bits per heavy atom. The van der Waals surface area contributed by atoms with Crippen LogP contribution in [0.4, 0.5) is 0 Å². The summed E-state index contributed by atoms with van der Waals surface area (Å²) in [5.41, 5.74) is 11.5. The van der Waals surface area contributed by atoms with Crippen molar-refractivity contribution in [2.75, 3.05) is 0 Å². The Morgan fingerprint density at radius 3 is 2.07 bits per heavy atom. The van der Waals surface area contributed by atoms with Crippen LogP contribution in [0.2, 0.25) is 0 Å². The second-order valence-corrected chi connectivity index (χ2v) is 20.4. The van der Waals surface area contributed by atoms with Crippen molar-refractivity contribution in [1.29, 1.82) is 0 Å². The second-order valence-electron chi connectivity index (χ2n) is 20.4. The first-order valence-electron chi connectivity index (χ1n) is 21.4. The number of hydrogen-bond donors (Lipinski definition) is 0. The standard InChI is InChI=1S/C55H54N4O/c1-52(2,3)36-24-25-56-49(30-36)59-46-20-13-11-17-41(46)42-23-22-39(32-48(42)59)60-40-28-35(26-37(29-40)53(4,5)6)51-57-45-19-12-14-21-47(45)58(51)38-27-34-16-15-18-43-50(34)44(31-38)55(9,10)33-54(43,7)8/h11-32H,33H2,1-10H3. The van der Waals surface area contributed by atoms with E-state index in [0.717, 1.165) is 68.3 Å². The molecule has 60 heavy (non-hydrogen) atoms. The molecule has 0 fully saturated rings. The third-order valence-electron chi connectivity index (χ3n) is 12.9. The molecular weight excluding hydrogens is 733 g/mol. The minimum atomic E-state index is -0.147. The minimum absolute atomic E-state index is 0.00587. The molecule has 1 aliphatic carbocycles. The maximum absolute atomic E-state index is 6.96. The van der Waals surface area contributed by atoms with Gasteiger partial charge >= 0.3 is 0 Å². The van der Waals surface area contributed by atoms with Crippen molar-refractivity contribution >= 4 is 43.6 Å². The summed E-state index contributed by atoms with van der Waals surface area (Å²) in [6, 6.07) is 46.2. The fourth-order valence-electron chi connectivity index (χ4n) is 10.0. The molecule has 5 heteroatoms. The van der Waals surface area contributed by atoms with Gasteiger partial charge in [-0.25, -0.2) is 9.97 Å². The van der Waals surface area contributed by atoms with Crippen LogP contribution in [0.15, 0.2) is 134 Å². The number of aromatic nitrogens is 4. The lowest BCUT2D eigenvalue weighted by Crippen LogP contribution is -2.34. The molecule has 0 N–H and O–H groups in total. The van der Waals surface area contributed by atoms with E-state index in [-0.39, 0.29) is 21.7 Å². The normalized spacial score (nSPS) is 15.0. The third kappa shape index (κ3) is 6.20. The highest BCUT2D eigenvalue weighted by molar-refractivity contribution is 6.09. The zero-order valence-electron chi connectivity index (χ0n) is 36.6. The highest BCUT2D eigenvalue weighted by Crippen LogP contribution is 2.50. The van der Waals surface area contributed by atoms with Gasteiger partial charge in [-0.15, -0.1) is 0 Å². The van der Waals surface area contributed by atoms with Crippen LogP contribution in [0, 0.1) is 0 Å². The van der Waals surface area contributed by atoms with Gasteiger partial charge in [-0.1, -0.05) is 118 Å². The zero-order chi connectivity index (χ0) is 41.9. The average Bonchev–Trinajstić information content (AvgIpc) is 3.75.